The van der Waals surface area contributed by atoms with E-state index in [2.05, 4.69) is 5.10 Å². The Morgan fingerprint density at radius 1 is 1.12 bits per heavy atom. The molecule has 1 N–H and O–H groups in total. The summed E-state index contributed by atoms with van der Waals surface area (Å²) in [5.74, 6) is 1.01. The highest BCUT2D eigenvalue weighted by atomic mass is 16.5. The van der Waals surface area contributed by atoms with Crippen molar-refractivity contribution >= 4 is 11.6 Å². The van der Waals surface area contributed by atoms with Crippen LogP contribution < -0.4 is 9.47 Å². The van der Waals surface area contributed by atoms with Gasteiger partial charge in [-0.25, -0.2) is 5.01 Å². The molecule has 4 rings (SSSR count). The third-order valence-corrected chi connectivity index (χ3v) is 4.47. The predicted molar refractivity (Wildman–Crippen MR) is 87.7 cm³/mol. The van der Waals surface area contributed by atoms with E-state index in [4.69, 9.17) is 9.47 Å². The minimum Gasteiger partial charge on any atom is -0.508 e. The van der Waals surface area contributed by atoms with E-state index in [9.17, 15) is 9.90 Å². The summed E-state index contributed by atoms with van der Waals surface area (Å²) in [5.41, 5.74) is 3.15. The molecule has 0 aromatic heterocycles. The number of amides is 1. The number of methoxy groups -OCH3 is 2. The summed E-state index contributed by atoms with van der Waals surface area (Å²) in [5, 5.41) is 15.4. The molecule has 0 bridgehead atoms. The lowest BCUT2D eigenvalue weighted by Crippen LogP contribution is -2.18. The molecule has 0 spiro atoms. The van der Waals surface area contributed by atoms with Gasteiger partial charge in [-0.1, -0.05) is 6.07 Å². The molecule has 0 saturated carbocycles. The highest BCUT2D eigenvalue weighted by Crippen LogP contribution is 2.47. The summed E-state index contributed by atoms with van der Waals surface area (Å²) >= 11 is 0. The molecular formula is C18H16N2O4. The van der Waals surface area contributed by atoms with Crippen molar-refractivity contribution in [3.63, 3.8) is 0 Å². The molecule has 24 heavy (non-hydrogen) atoms. The molecule has 122 valence electrons. The predicted octanol–water partition coefficient (Wildman–Crippen LogP) is 2.71. The number of fused-ring (bicyclic) bond motifs is 3. The van der Waals surface area contributed by atoms with E-state index in [1.807, 2.05) is 12.1 Å². The standard InChI is InChI=1S/C18H16N2O4/c1-23-15-8-7-12-14-9-13(10-3-5-11(21)6-4-10)19-20(14)18(22)16(12)17(15)24-2/h3-8,14,21H,9H2,1-2H3/t14-/m0/s1. The van der Waals surface area contributed by atoms with E-state index in [0.717, 1.165) is 16.8 Å². The van der Waals surface area contributed by atoms with Crippen LogP contribution in [0, 0.1) is 0 Å². The summed E-state index contributed by atoms with van der Waals surface area (Å²) in [7, 11) is 3.08. The van der Waals surface area contributed by atoms with Crippen molar-refractivity contribution in [2.75, 3.05) is 14.2 Å². The van der Waals surface area contributed by atoms with Crippen LogP contribution in [-0.4, -0.2) is 36.0 Å². The molecule has 2 aromatic rings. The number of rotatable bonds is 3. The fourth-order valence-corrected chi connectivity index (χ4v) is 3.32. The molecule has 1 amide bonds. The Kier molecular flexibility index (Phi) is 3.19. The molecule has 2 aliphatic heterocycles. The number of phenolic OH excluding ortho intramolecular Hbond substituents is 1. The van der Waals surface area contributed by atoms with Gasteiger partial charge in [-0.3, -0.25) is 4.79 Å². The zero-order valence-electron chi connectivity index (χ0n) is 13.3. The smallest absolute Gasteiger partial charge is 0.278 e. The fraction of sp³-hybridized carbons (Fsp3) is 0.222. The second-order valence-corrected chi connectivity index (χ2v) is 5.73. The van der Waals surface area contributed by atoms with Crippen LogP contribution in [0.25, 0.3) is 0 Å². The van der Waals surface area contributed by atoms with Gasteiger partial charge in [-0.2, -0.15) is 5.10 Å². The third-order valence-electron chi connectivity index (χ3n) is 4.47. The zero-order valence-corrected chi connectivity index (χ0v) is 13.3. The minimum atomic E-state index is -0.181. The molecule has 1 atom stereocenters. The van der Waals surface area contributed by atoms with Crippen LogP contribution in [0.15, 0.2) is 41.5 Å². The second-order valence-electron chi connectivity index (χ2n) is 5.73. The Balaban J connectivity index is 1.74. The maximum Gasteiger partial charge on any atom is 0.278 e. The van der Waals surface area contributed by atoms with Gasteiger partial charge in [-0.05, 0) is 41.5 Å². The quantitative estimate of drug-likeness (QED) is 0.942. The normalized spacial score (nSPS) is 18.2. The maximum absolute atomic E-state index is 12.8. The number of hydrogen-bond donors (Lipinski definition) is 1. The number of nitrogens with zero attached hydrogens (tertiary/aromatic N) is 2. The van der Waals surface area contributed by atoms with E-state index in [-0.39, 0.29) is 17.7 Å². The van der Waals surface area contributed by atoms with E-state index in [1.54, 1.807) is 31.4 Å². The number of ether oxygens (including phenoxy) is 2. The molecule has 2 aromatic carbocycles. The van der Waals surface area contributed by atoms with Crippen molar-refractivity contribution < 1.29 is 19.4 Å². The second kappa shape index (κ2) is 5.26. The lowest BCUT2D eigenvalue weighted by atomic mass is 9.97. The van der Waals surface area contributed by atoms with Crippen LogP contribution >= 0.6 is 0 Å². The number of carbonyl (C=O) groups excluding carboxylic acids is 1. The molecule has 6 heteroatoms. The summed E-state index contributed by atoms with van der Waals surface area (Å²) in [6.45, 7) is 0. The summed E-state index contributed by atoms with van der Waals surface area (Å²) in [6, 6.07) is 10.4. The number of aromatic hydroxyl groups is 1. The molecule has 2 heterocycles. The zero-order chi connectivity index (χ0) is 16.8. The van der Waals surface area contributed by atoms with Crippen molar-refractivity contribution in [2.24, 2.45) is 5.10 Å². The maximum atomic E-state index is 12.8. The van der Waals surface area contributed by atoms with Gasteiger partial charge in [0.05, 0.1) is 31.5 Å². The Morgan fingerprint density at radius 2 is 1.88 bits per heavy atom. The minimum absolute atomic E-state index is 0.129. The number of hydrazone groups is 1. The summed E-state index contributed by atoms with van der Waals surface area (Å²) < 4.78 is 10.7. The Labute approximate surface area is 138 Å². The molecular weight excluding hydrogens is 308 g/mol. The average molecular weight is 324 g/mol. The molecule has 0 radical (unpaired) electrons. The Bertz CT molecular complexity index is 858. The van der Waals surface area contributed by atoms with Gasteiger partial charge >= 0.3 is 0 Å². The van der Waals surface area contributed by atoms with Crippen LogP contribution in [-0.2, 0) is 0 Å². The lowest BCUT2D eigenvalue weighted by molar-refractivity contribution is 0.0753. The highest BCUT2D eigenvalue weighted by Gasteiger charge is 2.44. The first-order valence-electron chi connectivity index (χ1n) is 7.59. The van der Waals surface area contributed by atoms with E-state index in [1.165, 1.54) is 12.1 Å². The van der Waals surface area contributed by atoms with Gasteiger partial charge in [0.15, 0.2) is 11.5 Å². The number of benzene rings is 2. The first-order chi connectivity index (χ1) is 11.6. The Hall–Kier alpha value is -3.02. The summed E-state index contributed by atoms with van der Waals surface area (Å²) in [4.78, 5) is 12.8. The van der Waals surface area contributed by atoms with Crippen LogP contribution in [0.5, 0.6) is 17.2 Å². The van der Waals surface area contributed by atoms with Gasteiger partial charge in [0.2, 0.25) is 0 Å². The Morgan fingerprint density at radius 3 is 2.54 bits per heavy atom. The van der Waals surface area contributed by atoms with Gasteiger partial charge in [0.1, 0.15) is 5.75 Å². The molecule has 6 nitrogen and oxygen atoms in total. The SMILES string of the molecule is COc1ccc2c(c1OC)C(=O)N1N=C(c3ccc(O)cc3)C[C@@H]21. The first kappa shape index (κ1) is 14.6. The van der Waals surface area contributed by atoms with Gasteiger partial charge in [0, 0.05) is 6.42 Å². The molecule has 0 saturated heterocycles. The largest absolute Gasteiger partial charge is 0.508 e. The van der Waals surface area contributed by atoms with Crippen LogP contribution in [0.3, 0.4) is 0 Å². The van der Waals surface area contributed by atoms with Crippen molar-refractivity contribution in [2.45, 2.75) is 12.5 Å². The van der Waals surface area contributed by atoms with Crippen molar-refractivity contribution in [1.82, 2.24) is 5.01 Å². The van der Waals surface area contributed by atoms with Crippen LogP contribution in [0.4, 0.5) is 0 Å². The van der Waals surface area contributed by atoms with Crippen LogP contribution in [0.1, 0.15) is 33.9 Å². The van der Waals surface area contributed by atoms with Gasteiger partial charge in [0.25, 0.3) is 5.91 Å². The van der Waals surface area contributed by atoms with Crippen molar-refractivity contribution in [1.29, 1.82) is 0 Å². The van der Waals surface area contributed by atoms with E-state index in [0.29, 0.717) is 23.5 Å². The summed E-state index contributed by atoms with van der Waals surface area (Å²) in [6.07, 6.45) is 0.624. The van der Waals surface area contributed by atoms with Gasteiger partial charge in [-0.15, -0.1) is 0 Å². The van der Waals surface area contributed by atoms with E-state index >= 15 is 0 Å². The monoisotopic (exact) mass is 324 g/mol. The molecule has 0 unspecified atom stereocenters. The topological polar surface area (TPSA) is 71.4 Å². The van der Waals surface area contributed by atoms with Gasteiger partial charge < -0.3 is 14.6 Å². The van der Waals surface area contributed by atoms with E-state index < -0.39 is 0 Å². The number of carbonyl (C=O) groups is 1. The number of phenols is 1. The first-order valence-corrected chi connectivity index (χ1v) is 7.59. The van der Waals surface area contributed by atoms with Crippen molar-refractivity contribution in [3.8, 4) is 17.2 Å². The highest BCUT2D eigenvalue weighted by molar-refractivity contribution is 6.09. The average Bonchev–Trinajstić information content (AvgIpc) is 3.14. The van der Waals surface area contributed by atoms with Crippen LogP contribution in [0.2, 0.25) is 0 Å². The fourth-order valence-electron chi connectivity index (χ4n) is 3.32. The molecule has 2 aliphatic rings. The lowest BCUT2D eigenvalue weighted by Gasteiger charge is -2.12. The molecule has 0 aliphatic carbocycles. The molecule has 0 fully saturated rings. The third kappa shape index (κ3) is 1.96. The number of hydrogen-bond acceptors (Lipinski definition) is 5. The van der Waals surface area contributed by atoms with Crippen molar-refractivity contribution in [3.05, 3.63) is 53.1 Å².